The number of carbonyl (C=O) groups is 5. The van der Waals surface area contributed by atoms with E-state index in [1.54, 1.807) is 13.8 Å². The molecule has 0 spiro atoms. The number of carboxylic acids is 1. The van der Waals surface area contributed by atoms with E-state index in [0.29, 0.717) is 0 Å². The first-order valence-corrected chi connectivity index (χ1v) is 11.9. The molecule has 0 aliphatic carbocycles. The van der Waals surface area contributed by atoms with Gasteiger partial charge in [-0.25, -0.2) is 4.79 Å². The van der Waals surface area contributed by atoms with Crippen LogP contribution >= 0.6 is 0 Å². The molecule has 1 aliphatic rings. The molecule has 4 amide bonds. The number of carboxylic acid groups (broad SMARTS) is 1. The fourth-order valence-corrected chi connectivity index (χ4v) is 3.48. The number of likely N-dealkylation sites (tertiary alicyclic amines) is 1. The van der Waals surface area contributed by atoms with Crippen LogP contribution in [-0.4, -0.2) is 85.2 Å². The standard InChI is InChI=1S/C23H39N3O8/c1-5-16(4)17-14-20(29)26(22(17)30)9-6-18(27)24-8-11-34-13-12-33-10-7-19(28)25-21(15(2)3)23(31)32/h15-17,21H,5-14H2,1-4H3,(H,24,27)(H,25,28)(H,31,32). The van der Waals surface area contributed by atoms with Crippen molar-refractivity contribution in [3.8, 4) is 0 Å². The lowest BCUT2D eigenvalue weighted by Crippen LogP contribution is -2.44. The number of aliphatic carboxylic acids is 1. The highest BCUT2D eigenvalue weighted by molar-refractivity contribution is 6.03. The van der Waals surface area contributed by atoms with Gasteiger partial charge in [0.15, 0.2) is 0 Å². The predicted octanol–water partition coefficient (Wildman–Crippen LogP) is 0.563. The van der Waals surface area contributed by atoms with E-state index in [2.05, 4.69) is 10.6 Å². The number of rotatable bonds is 17. The van der Waals surface area contributed by atoms with Crippen LogP contribution < -0.4 is 10.6 Å². The topological polar surface area (TPSA) is 151 Å². The SMILES string of the molecule is CCC(C)C1CC(=O)N(CCC(=O)NCCOCCOCCC(=O)NC(C(=O)O)C(C)C)C1=O. The monoisotopic (exact) mass is 485 g/mol. The van der Waals surface area contributed by atoms with Crippen LogP contribution in [0, 0.1) is 17.8 Å². The quantitative estimate of drug-likeness (QED) is 0.200. The number of nitrogens with one attached hydrogen (secondary N) is 2. The van der Waals surface area contributed by atoms with Crippen molar-refractivity contribution < 1.29 is 38.6 Å². The zero-order valence-corrected chi connectivity index (χ0v) is 20.6. The van der Waals surface area contributed by atoms with Crippen LogP contribution in [0.3, 0.4) is 0 Å². The van der Waals surface area contributed by atoms with Gasteiger partial charge in [0.05, 0.1) is 26.4 Å². The number of imide groups is 1. The van der Waals surface area contributed by atoms with Crippen LogP contribution in [0.2, 0.25) is 0 Å². The molecule has 0 aromatic rings. The zero-order chi connectivity index (χ0) is 25.7. The molecule has 1 rings (SSSR count). The summed E-state index contributed by atoms with van der Waals surface area (Å²) in [6.07, 6.45) is 1.14. The summed E-state index contributed by atoms with van der Waals surface area (Å²) >= 11 is 0. The van der Waals surface area contributed by atoms with Gasteiger partial charge in [-0.3, -0.25) is 24.1 Å². The van der Waals surface area contributed by atoms with Gasteiger partial charge in [0.2, 0.25) is 23.6 Å². The molecule has 0 aromatic heterocycles. The first-order chi connectivity index (χ1) is 16.1. The molecule has 11 heteroatoms. The minimum Gasteiger partial charge on any atom is -0.480 e. The third kappa shape index (κ3) is 10.2. The summed E-state index contributed by atoms with van der Waals surface area (Å²) < 4.78 is 10.6. The van der Waals surface area contributed by atoms with Crippen molar-refractivity contribution >= 4 is 29.6 Å². The molecular formula is C23H39N3O8. The van der Waals surface area contributed by atoms with Crippen molar-refractivity contribution in [2.24, 2.45) is 17.8 Å². The maximum atomic E-state index is 12.4. The highest BCUT2D eigenvalue weighted by Gasteiger charge is 2.40. The van der Waals surface area contributed by atoms with E-state index in [1.165, 1.54) is 4.90 Å². The Kier molecular flexibility index (Phi) is 13.4. The van der Waals surface area contributed by atoms with Crippen LogP contribution in [0.1, 0.15) is 53.4 Å². The molecule has 0 saturated carbocycles. The Hall–Kier alpha value is -2.53. The second kappa shape index (κ2) is 15.4. The molecule has 1 heterocycles. The number of carbonyl (C=O) groups excluding carboxylic acids is 4. The van der Waals surface area contributed by atoms with E-state index in [1.807, 2.05) is 13.8 Å². The Morgan fingerprint density at radius 2 is 1.68 bits per heavy atom. The van der Waals surface area contributed by atoms with Crippen molar-refractivity contribution in [3.63, 3.8) is 0 Å². The Bertz CT molecular complexity index is 712. The lowest BCUT2D eigenvalue weighted by atomic mass is 9.90. The van der Waals surface area contributed by atoms with E-state index in [-0.39, 0.29) is 94.3 Å². The molecule has 3 atom stereocenters. The summed E-state index contributed by atoms with van der Waals surface area (Å²) in [7, 11) is 0. The van der Waals surface area contributed by atoms with Gasteiger partial charge in [0, 0.05) is 38.3 Å². The summed E-state index contributed by atoms with van der Waals surface area (Å²) in [5.41, 5.74) is 0. The largest absolute Gasteiger partial charge is 0.480 e. The first-order valence-electron chi connectivity index (χ1n) is 11.9. The fraction of sp³-hybridized carbons (Fsp3) is 0.783. The number of ether oxygens (including phenoxy) is 2. The van der Waals surface area contributed by atoms with Gasteiger partial charge in [-0.1, -0.05) is 34.1 Å². The van der Waals surface area contributed by atoms with E-state index < -0.39 is 17.9 Å². The van der Waals surface area contributed by atoms with Crippen LogP contribution in [0.15, 0.2) is 0 Å². The minimum atomic E-state index is -1.07. The number of hydrogen-bond donors (Lipinski definition) is 3. The van der Waals surface area contributed by atoms with E-state index >= 15 is 0 Å². The second-order valence-electron chi connectivity index (χ2n) is 8.78. The van der Waals surface area contributed by atoms with Gasteiger partial charge >= 0.3 is 5.97 Å². The minimum absolute atomic E-state index is 0.0483. The average Bonchev–Trinajstić information content (AvgIpc) is 3.07. The van der Waals surface area contributed by atoms with Gasteiger partial charge in [-0.05, 0) is 11.8 Å². The fourth-order valence-electron chi connectivity index (χ4n) is 3.48. The highest BCUT2D eigenvalue weighted by atomic mass is 16.5. The summed E-state index contributed by atoms with van der Waals surface area (Å²) in [6, 6.07) is -0.927. The summed E-state index contributed by atoms with van der Waals surface area (Å²) in [6.45, 7) is 8.68. The van der Waals surface area contributed by atoms with Gasteiger partial charge < -0.3 is 25.2 Å². The van der Waals surface area contributed by atoms with Crippen LogP contribution in [-0.2, 0) is 33.4 Å². The molecule has 194 valence electrons. The normalized spacial score (nSPS) is 17.7. The molecule has 34 heavy (non-hydrogen) atoms. The predicted molar refractivity (Wildman–Crippen MR) is 123 cm³/mol. The van der Waals surface area contributed by atoms with Crippen LogP contribution in [0.4, 0.5) is 0 Å². The molecule has 1 saturated heterocycles. The van der Waals surface area contributed by atoms with Crippen molar-refractivity contribution in [2.45, 2.75) is 59.4 Å². The molecule has 0 aromatic carbocycles. The Morgan fingerprint density at radius 3 is 2.26 bits per heavy atom. The van der Waals surface area contributed by atoms with E-state index in [9.17, 15) is 24.0 Å². The Morgan fingerprint density at radius 1 is 1.03 bits per heavy atom. The third-order valence-corrected chi connectivity index (χ3v) is 5.84. The van der Waals surface area contributed by atoms with Gasteiger partial charge in [-0.15, -0.1) is 0 Å². The molecule has 11 nitrogen and oxygen atoms in total. The molecular weight excluding hydrogens is 446 g/mol. The lowest BCUT2D eigenvalue weighted by Gasteiger charge is -2.17. The number of amides is 4. The summed E-state index contributed by atoms with van der Waals surface area (Å²) in [4.78, 5) is 60.4. The van der Waals surface area contributed by atoms with E-state index in [0.717, 1.165) is 6.42 Å². The maximum absolute atomic E-state index is 12.4. The number of nitrogens with zero attached hydrogens (tertiary/aromatic N) is 1. The smallest absolute Gasteiger partial charge is 0.326 e. The summed E-state index contributed by atoms with van der Waals surface area (Å²) in [5, 5.41) is 14.2. The van der Waals surface area contributed by atoms with Crippen molar-refractivity contribution in [1.82, 2.24) is 15.5 Å². The Labute approximate surface area is 200 Å². The van der Waals surface area contributed by atoms with Crippen molar-refractivity contribution in [1.29, 1.82) is 0 Å². The highest BCUT2D eigenvalue weighted by Crippen LogP contribution is 2.28. The molecule has 1 fully saturated rings. The molecule has 1 aliphatic heterocycles. The van der Waals surface area contributed by atoms with Crippen LogP contribution in [0.5, 0.6) is 0 Å². The van der Waals surface area contributed by atoms with Crippen LogP contribution in [0.25, 0.3) is 0 Å². The number of hydrogen-bond acceptors (Lipinski definition) is 7. The molecule has 3 N–H and O–H groups in total. The van der Waals surface area contributed by atoms with Gasteiger partial charge in [0.1, 0.15) is 6.04 Å². The van der Waals surface area contributed by atoms with E-state index in [4.69, 9.17) is 14.6 Å². The van der Waals surface area contributed by atoms with Gasteiger partial charge in [-0.2, -0.15) is 0 Å². The van der Waals surface area contributed by atoms with Crippen molar-refractivity contribution in [2.75, 3.05) is 39.5 Å². The molecule has 0 bridgehead atoms. The summed E-state index contributed by atoms with van der Waals surface area (Å²) in [5.74, 6) is -2.49. The maximum Gasteiger partial charge on any atom is 0.326 e. The second-order valence-corrected chi connectivity index (χ2v) is 8.78. The lowest BCUT2D eigenvalue weighted by molar-refractivity contribution is -0.143. The van der Waals surface area contributed by atoms with Crippen molar-refractivity contribution in [3.05, 3.63) is 0 Å². The average molecular weight is 486 g/mol. The third-order valence-electron chi connectivity index (χ3n) is 5.84. The molecule has 3 unspecified atom stereocenters. The van der Waals surface area contributed by atoms with Gasteiger partial charge in [0.25, 0.3) is 0 Å². The molecule has 0 radical (unpaired) electrons. The zero-order valence-electron chi connectivity index (χ0n) is 20.6. The Balaban J connectivity index is 2.07. The first kappa shape index (κ1) is 29.5.